The summed E-state index contributed by atoms with van der Waals surface area (Å²) in [5.41, 5.74) is 4.54. The lowest BCUT2D eigenvalue weighted by Crippen LogP contribution is -2.03. The number of rotatable bonds is 8. The SMILES string of the molecule is COc1ccc(-c2cnc(Nc3ccccc3)nc2)cc1.COc1ccc(/C(C=O)=C/N(C)C)cc1. The van der Waals surface area contributed by atoms with Crippen molar-refractivity contribution in [3.8, 4) is 22.6 Å². The van der Waals surface area contributed by atoms with Crippen molar-refractivity contribution in [1.82, 2.24) is 14.9 Å². The monoisotopic (exact) mass is 482 g/mol. The van der Waals surface area contributed by atoms with Gasteiger partial charge in [0.2, 0.25) is 5.95 Å². The number of allylic oxidation sites excluding steroid dienone is 1. The molecule has 0 saturated carbocycles. The summed E-state index contributed by atoms with van der Waals surface area (Å²) >= 11 is 0. The number of ether oxygens (including phenoxy) is 2. The van der Waals surface area contributed by atoms with E-state index in [2.05, 4.69) is 15.3 Å². The van der Waals surface area contributed by atoms with Crippen LogP contribution in [0.1, 0.15) is 5.56 Å². The molecule has 0 fully saturated rings. The number of carbonyl (C=O) groups excluding carboxylic acids is 1. The summed E-state index contributed by atoms with van der Waals surface area (Å²) < 4.78 is 10.2. The summed E-state index contributed by atoms with van der Waals surface area (Å²) in [6.45, 7) is 0. The van der Waals surface area contributed by atoms with E-state index in [9.17, 15) is 4.79 Å². The van der Waals surface area contributed by atoms with Crippen molar-refractivity contribution < 1.29 is 14.3 Å². The molecule has 4 rings (SSSR count). The van der Waals surface area contributed by atoms with Gasteiger partial charge in [0.1, 0.15) is 11.5 Å². The van der Waals surface area contributed by atoms with E-state index in [0.717, 1.165) is 40.2 Å². The highest BCUT2D eigenvalue weighted by Gasteiger charge is 2.02. The summed E-state index contributed by atoms with van der Waals surface area (Å²) in [6, 6.07) is 25.1. The fourth-order valence-corrected chi connectivity index (χ4v) is 3.21. The summed E-state index contributed by atoms with van der Waals surface area (Å²) in [4.78, 5) is 21.4. The van der Waals surface area contributed by atoms with Crippen LogP contribution < -0.4 is 14.8 Å². The number of nitrogens with one attached hydrogen (secondary N) is 1. The first kappa shape index (κ1) is 26.0. The highest BCUT2D eigenvalue weighted by Crippen LogP contribution is 2.22. The van der Waals surface area contributed by atoms with Crippen molar-refractivity contribution in [1.29, 1.82) is 0 Å². The molecule has 1 N–H and O–H groups in total. The molecule has 4 aromatic rings. The molecule has 0 aliphatic rings. The molecule has 0 aliphatic heterocycles. The van der Waals surface area contributed by atoms with Crippen LogP contribution in [-0.4, -0.2) is 49.5 Å². The Morgan fingerprint density at radius 1 is 0.778 bits per heavy atom. The molecule has 0 unspecified atom stereocenters. The number of aldehydes is 1. The number of para-hydroxylation sites is 1. The summed E-state index contributed by atoms with van der Waals surface area (Å²) in [6.07, 6.45) is 6.25. The molecule has 0 atom stereocenters. The van der Waals surface area contributed by atoms with Crippen LogP contribution in [0.4, 0.5) is 11.6 Å². The van der Waals surface area contributed by atoms with Gasteiger partial charge in [0.25, 0.3) is 0 Å². The maximum absolute atomic E-state index is 10.9. The van der Waals surface area contributed by atoms with Gasteiger partial charge in [0.15, 0.2) is 6.29 Å². The van der Waals surface area contributed by atoms with Crippen LogP contribution in [0.15, 0.2) is 97.5 Å². The van der Waals surface area contributed by atoms with Gasteiger partial charge in [-0.2, -0.15) is 0 Å². The van der Waals surface area contributed by atoms with Crippen LogP contribution in [0.3, 0.4) is 0 Å². The van der Waals surface area contributed by atoms with E-state index in [1.165, 1.54) is 0 Å². The van der Waals surface area contributed by atoms with Crippen LogP contribution in [0.25, 0.3) is 16.7 Å². The van der Waals surface area contributed by atoms with Crippen LogP contribution in [-0.2, 0) is 4.79 Å². The molecule has 1 heterocycles. The molecule has 0 amide bonds. The van der Waals surface area contributed by atoms with Gasteiger partial charge in [-0.1, -0.05) is 42.5 Å². The third-order valence-corrected chi connectivity index (χ3v) is 5.05. The predicted octanol–water partition coefficient (Wildman–Crippen LogP) is 5.69. The van der Waals surface area contributed by atoms with Crippen molar-refractivity contribution in [2.24, 2.45) is 0 Å². The van der Waals surface area contributed by atoms with Gasteiger partial charge in [-0.25, -0.2) is 9.97 Å². The lowest BCUT2D eigenvalue weighted by atomic mass is 10.1. The number of nitrogens with zero attached hydrogens (tertiary/aromatic N) is 3. The molecule has 7 nitrogen and oxygen atoms in total. The number of anilines is 2. The van der Waals surface area contributed by atoms with E-state index in [0.29, 0.717) is 11.5 Å². The Hall–Kier alpha value is -4.65. The third-order valence-electron chi connectivity index (χ3n) is 5.05. The molecule has 0 aliphatic carbocycles. The average Bonchev–Trinajstić information content (AvgIpc) is 2.93. The zero-order chi connectivity index (χ0) is 25.8. The fourth-order valence-electron chi connectivity index (χ4n) is 3.21. The van der Waals surface area contributed by atoms with E-state index in [1.54, 1.807) is 32.8 Å². The molecule has 1 aromatic heterocycles. The quantitative estimate of drug-likeness (QED) is 0.255. The Morgan fingerprint density at radius 3 is 1.83 bits per heavy atom. The van der Waals surface area contributed by atoms with Gasteiger partial charge in [-0.3, -0.25) is 4.79 Å². The molecule has 184 valence electrons. The van der Waals surface area contributed by atoms with E-state index in [1.807, 2.05) is 97.9 Å². The number of aromatic nitrogens is 2. The van der Waals surface area contributed by atoms with E-state index >= 15 is 0 Å². The summed E-state index contributed by atoms with van der Waals surface area (Å²) in [5, 5.41) is 3.16. The molecule has 3 aromatic carbocycles. The van der Waals surface area contributed by atoms with Crippen LogP contribution in [0.2, 0.25) is 0 Å². The van der Waals surface area contributed by atoms with Gasteiger partial charge >= 0.3 is 0 Å². The highest BCUT2D eigenvalue weighted by molar-refractivity contribution is 6.06. The smallest absolute Gasteiger partial charge is 0.227 e. The van der Waals surface area contributed by atoms with Crippen molar-refractivity contribution in [3.63, 3.8) is 0 Å². The van der Waals surface area contributed by atoms with Crippen molar-refractivity contribution in [2.75, 3.05) is 33.6 Å². The zero-order valence-electron chi connectivity index (χ0n) is 20.9. The van der Waals surface area contributed by atoms with Crippen molar-refractivity contribution in [3.05, 3.63) is 103 Å². The molecule has 7 heteroatoms. The molecule has 0 radical (unpaired) electrons. The minimum absolute atomic E-state index is 0.582. The van der Waals surface area contributed by atoms with Gasteiger partial charge in [0.05, 0.1) is 14.2 Å². The third kappa shape index (κ3) is 7.70. The molecular weight excluding hydrogens is 452 g/mol. The lowest BCUT2D eigenvalue weighted by Gasteiger charge is -2.08. The minimum atomic E-state index is 0.582. The zero-order valence-corrected chi connectivity index (χ0v) is 20.9. The van der Waals surface area contributed by atoms with Gasteiger partial charge in [0, 0.05) is 49.5 Å². The maximum atomic E-state index is 10.9. The predicted molar refractivity (Wildman–Crippen MR) is 144 cm³/mol. The topological polar surface area (TPSA) is 76.6 Å². The van der Waals surface area contributed by atoms with Gasteiger partial charge in [-0.05, 0) is 47.5 Å². The second-order valence-electron chi connectivity index (χ2n) is 7.91. The second kappa shape index (κ2) is 13.3. The molecule has 0 spiro atoms. The molecule has 36 heavy (non-hydrogen) atoms. The Bertz CT molecular complexity index is 1240. The number of hydrogen-bond donors (Lipinski definition) is 1. The van der Waals surface area contributed by atoms with Crippen LogP contribution in [0, 0.1) is 0 Å². The molecule has 0 saturated heterocycles. The second-order valence-corrected chi connectivity index (χ2v) is 7.91. The Labute approximate surface area is 212 Å². The largest absolute Gasteiger partial charge is 0.497 e. The van der Waals surface area contributed by atoms with E-state index in [-0.39, 0.29) is 0 Å². The minimum Gasteiger partial charge on any atom is -0.497 e. The Balaban J connectivity index is 0.000000214. The van der Waals surface area contributed by atoms with Crippen LogP contribution >= 0.6 is 0 Å². The van der Waals surface area contributed by atoms with E-state index < -0.39 is 0 Å². The summed E-state index contributed by atoms with van der Waals surface area (Å²) in [5.74, 6) is 2.20. The number of methoxy groups -OCH3 is 2. The average molecular weight is 483 g/mol. The summed E-state index contributed by atoms with van der Waals surface area (Å²) in [7, 11) is 7.04. The molecular formula is C29H30N4O3. The van der Waals surface area contributed by atoms with Crippen molar-refractivity contribution in [2.45, 2.75) is 0 Å². The first-order chi connectivity index (χ1) is 17.5. The first-order valence-corrected chi connectivity index (χ1v) is 11.3. The van der Waals surface area contributed by atoms with Crippen molar-refractivity contribution >= 4 is 23.5 Å². The van der Waals surface area contributed by atoms with E-state index in [4.69, 9.17) is 9.47 Å². The van der Waals surface area contributed by atoms with Gasteiger partial charge in [-0.15, -0.1) is 0 Å². The number of benzene rings is 3. The Kier molecular flexibility index (Phi) is 9.59. The first-order valence-electron chi connectivity index (χ1n) is 11.3. The number of carbonyl (C=O) groups is 1. The maximum Gasteiger partial charge on any atom is 0.227 e. The highest BCUT2D eigenvalue weighted by atomic mass is 16.5. The van der Waals surface area contributed by atoms with Crippen LogP contribution in [0.5, 0.6) is 11.5 Å². The number of hydrogen-bond acceptors (Lipinski definition) is 7. The fraction of sp³-hybridized carbons (Fsp3) is 0.138. The normalized spacial score (nSPS) is 10.5. The Morgan fingerprint density at radius 2 is 1.33 bits per heavy atom. The van der Waals surface area contributed by atoms with Gasteiger partial charge < -0.3 is 19.7 Å². The lowest BCUT2D eigenvalue weighted by molar-refractivity contribution is -0.103. The molecule has 0 bridgehead atoms. The standard InChI is InChI=1S/C17H15N3O.C12H15NO2/c1-21-16-9-7-13(8-10-16)14-11-18-17(19-12-14)20-15-5-3-2-4-6-15;1-13(2)8-11(9-14)10-4-6-12(15-3)7-5-10/h2-12H,1H3,(H,18,19,20);4-9H,1-3H3/b;11-8+.